The Hall–Kier alpha value is -2.86. The molecule has 0 saturated heterocycles. The molecule has 5 nitrogen and oxygen atoms in total. The van der Waals surface area contributed by atoms with Gasteiger partial charge >= 0.3 is 5.97 Å². The molecule has 0 radical (unpaired) electrons. The molecule has 2 N–H and O–H groups in total. The number of nitrogens with one attached hydrogen (secondary N) is 1. The molecule has 1 atom stereocenters. The lowest BCUT2D eigenvalue weighted by Crippen LogP contribution is -2.28. The van der Waals surface area contributed by atoms with Crippen LogP contribution in [0.4, 0.5) is 0 Å². The van der Waals surface area contributed by atoms with Gasteiger partial charge in [0.25, 0.3) is 5.91 Å². The number of amides is 1. The number of rotatable bonds is 5. The first-order valence-electron chi connectivity index (χ1n) is 6.87. The SMILES string of the molecule is O=C(O)c1ccc(C(=O)NC(c2ccccc2)c2ccco2)s1. The number of hydrogen-bond acceptors (Lipinski definition) is 4. The summed E-state index contributed by atoms with van der Waals surface area (Å²) in [4.78, 5) is 23.8. The van der Waals surface area contributed by atoms with Crippen molar-refractivity contribution in [2.75, 3.05) is 0 Å². The van der Waals surface area contributed by atoms with E-state index in [0.29, 0.717) is 10.6 Å². The quantitative estimate of drug-likeness (QED) is 0.751. The molecule has 23 heavy (non-hydrogen) atoms. The van der Waals surface area contributed by atoms with Crippen LogP contribution in [-0.4, -0.2) is 17.0 Å². The first-order valence-corrected chi connectivity index (χ1v) is 7.69. The highest BCUT2D eigenvalue weighted by Gasteiger charge is 2.21. The largest absolute Gasteiger partial charge is 0.477 e. The van der Waals surface area contributed by atoms with Crippen LogP contribution in [0.15, 0.2) is 65.3 Å². The van der Waals surface area contributed by atoms with E-state index < -0.39 is 12.0 Å². The van der Waals surface area contributed by atoms with Gasteiger partial charge in [-0.2, -0.15) is 0 Å². The average Bonchev–Trinajstić information content (AvgIpc) is 3.24. The van der Waals surface area contributed by atoms with E-state index in [1.54, 1.807) is 18.4 Å². The van der Waals surface area contributed by atoms with E-state index in [1.165, 1.54) is 12.1 Å². The maximum Gasteiger partial charge on any atom is 0.345 e. The molecule has 0 saturated carbocycles. The van der Waals surface area contributed by atoms with Crippen molar-refractivity contribution in [2.24, 2.45) is 0 Å². The van der Waals surface area contributed by atoms with E-state index in [1.807, 2.05) is 30.3 Å². The summed E-state index contributed by atoms with van der Waals surface area (Å²) in [6.45, 7) is 0. The zero-order valence-electron chi connectivity index (χ0n) is 11.9. The molecule has 0 bridgehead atoms. The van der Waals surface area contributed by atoms with Crippen molar-refractivity contribution in [3.63, 3.8) is 0 Å². The van der Waals surface area contributed by atoms with Crippen molar-refractivity contribution in [3.8, 4) is 0 Å². The highest BCUT2D eigenvalue weighted by molar-refractivity contribution is 7.15. The van der Waals surface area contributed by atoms with Crippen LogP contribution in [0.1, 0.15) is 36.7 Å². The third kappa shape index (κ3) is 3.32. The van der Waals surface area contributed by atoms with Crippen molar-refractivity contribution in [1.29, 1.82) is 0 Å². The molecule has 116 valence electrons. The Morgan fingerprint density at radius 1 is 1.00 bits per heavy atom. The van der Waals surface area contributed by atoms with Crippen molar-refractivity contribution in [2.45, 2.75) is 6.04 Å². The fraction of sp³-hybridized carbons (Fsp3) is 0.0588. The van der Waals surface area contributed by atoms with Crippen LogP contribution in [0, 0.1) is 0 Å². The topological polar surface area (TPSA) is 79.5 Å². The Morgan fingerprint density at radius 3 is 2.35 bits per heavy atom. The van der Waals surface area contributed by atoms with Gasteiger partial charge in [-0.15, -0.1) is 11.3 Å². The van der Waals surface area contributed by atoms with E-state index >= 15 is 0 Å². The Balaban J connectivity index is 1.86. The molecule has 2 aromatic heterocycles. The third-order valence-corrected chi connectivity index (χ3v) is 4.35. The van der Waals surface area contributed by atoms with Crippen molar-refractivity contribution >= 4 is 23.2 Å². The van der Waals surface area contributed by atoms with Crippen LogP contribution in [0.25, 0.3) is 0 Å². The molecular weight excluding hydrogens is 314 g/mol. The minimum Gasteiger partial charge on any atom is -0.477 e. The number of carboxylic acid groups (broad SMARTS) is 1. The second-order valence-electron chi connectivity index (χ2n) is 4.80. The number of furan rings is 1. The van der Waals surface area contributed by atoms with Crippen LogP contribution in [0.5, 0.6) is 0 Å². The highest BCUT2D eigenvalue weighted by Crippen LogP contribution is 2.24. The van der Waals surface area contributed by atoms with Crippen LogP contribution >= 0.6 is 11.3 Å². The van der Waals surface area contributed by atoms with Crippen molar-refractivity contribution in [3.05, 3.63) is 81.9 Å². The first-order chi connectivity index (χ1) is 11.1. The van der Waals surface area contributed by atoms with Gasteiger partial charge in [0.1, 0.15) is 16.7 Å². The second-order valence-corrected chi connectivity index (χ2v) is 5.89. The number of thiophene rings is 1. The molecule has 6 heteroatoms. The summed E-state index contributed by atoms with van der Waals surface area (Å²) in [5, 5.41) is 11.8. The van der Waals surface area contributed by atoms with Gasteiger partial charge in [-0.25, -0.2) is 4.79 Å². The summed E-state index contributed by atoms with van der Waals surface area (Å²) in [6.07, 6.45) is 1.55. The standard InChI is InChI=1S/C17H13NO4S/c19-16(13-8-9-14(23-13)17(20)21)18-15(12-7-4-10-22-12)11-5-2-1-3-6-11/h1-10,15H,(H,18,19)(H,20,21). The van der Waals surface area contributed by atoms with E-state index in [2.05, 4.69) is 5.32 Å². The monoisotopic (exact) mass is 327 g/mol. The predicted molar refractivity (Wildman–Crippen MR) is 85.7 cm³/mol. The third-order valence-electron chi connectivity index (χ3n) is 3.28. The molecule has 0 aliphatic rings. The maximum absolute atomic E-state index is 12.4. The van der Waals surface area contributed by atoms with E-state index in [4.69, 9.17) is 9.52 Å². The highest BCUT2D eigenvalue weighted by atomic mass is 32.1. The number of aromatic carboxylic acids is 1. The number of hydrogen-bond donors (Lipinski definition) is 2. The van der Waals surface area contributed by atoms with Crippen molar-refractivity contribution in [1.82, 2.24) is 5.32 Å². The molecule has 3 rings (SSSR count). The van der Waals surface area contributed by atoms with Crippen LogP contribution in [-0.2, 0) is 0 Å². The van der Waals surface area contributed by atoms with Crippen LogP contribution in [0.2, 0.25) is 0 Å². The van der Waals surface area contributed by atoms with E-state index in [9.17, 15) is 9.59 Å². The molecular formula is C17H13NO4S. The minimum absolute atomic E-state index is 0.129. The number of carbonyl (C=O) groups is 2. The second kappa shape index (κ2) is 6.50. The first kappa shape index (κ1) is 15.1. The van der Waals surface area contributed by atoms with E-state index in [-0.39, 0.29) is 10.8 Å². The van der Waals surface area contributed by atoms with Crippen LogP contribution in [0.3, 0.4) is 0 Å². The summed E-state index contributed by atoms with van der Waals surface area (Å²) in [5.74, 6) is -0.771. The smallest absolute Gasteiger partial charge is 0.345 e. The summed E-state index contributed by atoms with van der Waals surface area (Å²) >= 11 is 0.941. The summed E-state index contributed by atoms with van der Waals surface area (Å²) in [5.41, 5.74) is 0.880. The molecule has 3 aromatic rings. The van der Waals surface area contributed by atoms with Gasteiger partial charge in [0.2, 0.25) is 0 Å². The fourth-order valence-electron chi connectivity index (χ4n) is 2.20. The predicted octanol–water partition coefficient (Wildman–Crippen LogP) is 3.56. The number of carboxylic acids is 1. The van der Waals surface area contributed by atoms with Crippen molar-refractivity contribution < 1.29 is 19.1 Å². The van der Waals surface area contributed by atoms with Gasteiger partial charge < -0.3 is 14.8 Å². The molecule has 1 unspecified atom stereocenters. The molecule has 1 amide bonds. The Labute approximate surface area is 136 Å². The molecule has 0 spiro atoms. The van der Waals surface area contributed by atoms with Gasteiger partial charge in [0.05, 0.1) is 11.1 Å². The number of carbonyl (C=O) groups excluding carboxylic acids is 1. The van der Waals surface area contributed by atoms with Gasteiger partial charge in [0, 0.05) is 0 Å². The average molecular weight is 327 g/mol. The Bertz CT molecular complexity index is 808. The molecule has 1 aromatic carbocycles. The van der Waals surface area contributed by atoms with Gasteiger partial charge in [0.15, 0.2) is 0 Å². The molecule has 0 fully saturated rings. The zero-order chi connectivity index (χ0) is 16.2. The van der Waals surface area contributed by atoms with Gasteiger partial charge in [-0.3, -0.25) is 4.79 Å². The normalized spacial score (nSPS) is 11.8. The Kier molecular flexibility index (Phi) is 4.25. The lowest BCUT2D eigenvalue weighted by molar-refractivity contribution is 0.0702. The minimum atomic E-state index is -1.04. The van der Waals surface area contributed by atoms with Gasteiger partial charge in [-0.05, 0) is 29.8 Å². The summed E-state index contributed by atoms with van der Waals surface area (Å²) < 4.78 is 5.42. The molecule has 0 aliphatic carbocycles. The lowest BCUT2D eigenvalue weighted by atomic mass is 10.0. The maximum atomic E-state index is 12.4. The van der Waals surface area contributed by atoms with Crippen LogP contribution < -0.4 is 5.32 Å². The lowest BCUT2D eigenvalue weighted by Gasteiger charge is -2.16. The van der Waals surface area contributed by atoms with Gasteiger partial charge in [-0.1, -0.05) is 30.3 Å². The summed E-state index contributed by atoms with van der Waals surface area (Å²) in [6, 6.07) is 15.5. The zero-order valence-corrected chi connectivity index (χ0v) is 12.7. The number of benzene rings is 1. The van der Waals surface area contributed by atoms with E-state index in [0.717, 1.165) is 16.9 Å². The summed E-state index contributed by atoms with van der Waals surface area (Å²) in [7, 11) is 0. The molecule has 0 aliphatic heterocycles. The fourth-order valence-corrected chi connectivity index (χ4v) is 2.94. The Morgan fingerprint density at radius 2 is 1.74 bits per heavy atom. The molecule has 2 heterocycles.